The van der Waals surface area contributed by atoms with Crippen molar-refractivity contribution in [2.45, 2.75) is 63.0 Å². The third-order valence-corrected chi connectivity index (χ3v) is 5.26. The summed E-state index contributed by atoms with van der Waals surface area (Å²) in [5.41, 5.74) is 7.02. The van der Waals surface area contributed by atoms with Crippen LogP contribution in [0.25, 0.3) is 12.2 Å². The van der Waals surface area contributed by atoms with Gasteiger partial charge in [-0.25, -0.2) is 0 Å². The lowest BCUT2D eigenvalue weighted by Crippen LogP contribution is -2.34. The number of rotatable bonds is 5. The Labute approximate surface area is 148 Å². The van der Waals surface area contributed by atoms with E-state index < -0.39 is 5.54 Å². The van der Waals surface area contributed by atoms with Gasteiger partial charge in [0.25, 0.3) is 5.89 Å². The van der Waals surface area contributed by atoms with Gasteiger partial charge in [-0.1, -0.05) is 30.1 Å². The summed E-state index contributed by atoms with van der Waals surface area (Å²) in [4.78, 5) is 4.46. The van der Waals surface area contributed by atoms with Gasteiger partial charge >= 0.3 is 0 Å². The van der Waals surface area contributed by atoms with Crippen LogP contribution < -0.4 is 10.5 Å². The molecule has 5 heteroatoms. The number of nitrogens with two attached hydrogens (primary N) is 1. The summed E-state index contributed by atoms with van der Waals surface area (Å²) in [6.45, 7) is 0. The van der Waals surface area contributed by atoms with Crippen LogP contribution in [-0.4, -0.2) is 16.2 Å². The van der Waals surface area contributed by atoms with E-state index >= 15 is 0 Å². The third kappa shape index (κ3) is 3.76. The Bertz CT molecular complexity index is 741. The normalized spacial score (nSPS) is 20.5. The molecule has 0 unspecified atom stereocenters. The van der Waals surface area contributed by atoms with E-state index in [0.717, 1.165) is 49.8 Å². The van der Waals surface area contributed by atoms with Crippen LogP contribution in [0.5, 0.6) is 5.75 Å². The van der Waals surface area contributed by atoms with Crippen molar-refractivity contribution in [2.24, 2.45) is 5.73 Å². The maximum Gasteiger partial charge on any atom is 0.250 e. The fourth-order valence-corrected chi connectivity index (χ4v) is 3.79. The second kappa shape index (κ2) is 7.00. The molecule has 0 amide bonds. The van der Waals surface area contributed by atoms with Crippen molar-refractivity contribution in [3.05, 3.63) is 41.5 Å². The SMILES string of the molecule is NC1(c2noc(/C=C/c3cccc(OC4CCCC4)c3)n2)CCCC1. The first-order chi connectivity index (χ1) is 12.2. The Kier molecular flexibility index (Phi) is 4.57. The van der Waals surface area contributed by atoms with Crippen LogP contribution in [-0.2, 0) is 5.54 Å². The van der Waals surface area contributed by atoms with E-state index in [1.54, 1.807) is 0 Å². The molecule has 1 heterocycles. The molecule has 0 radical (unpaired) electrons. The Morgan fingerprint density at radius 2 is 1.92 bits per heavy atom. The van der Waals surface area contributed by atoms with Crippen LogP contribution in [0.2, 0.25) is 0 Å². The fourth-order valence-electron chi connectivity index (χ4n) is 3.79. The molecule has 2 fully saturated rings. The number of nitrogens with zero attached hydrogens (tertiary/aromatic N) is 2. The van der Waals surface area contributed by atoms with Crippen LogP contribution in [0.4, 0.5) is 0 Å². The number of aromatic nitrogens is 2. The molecule has 132 valence electrons. The summed E-state index contributed by atoms with van der Waals surface area (Å²) in [5, 5.41) is 4.08. The van der Waals surface area contributed by atoms with Gasteiger partial charge < -0.3 is 15.0 Å². The molecule has 1 aromatic heterocycles. The van der Waals surface area contributed by atoms with Crippen LogP contribution in [0.3, 0.4) is 0 Å². The standard InChI is InChI=1S/C20H25N3O2/c21-20(12-3-4-13-20)19-22-18(25-23-19)11-10-15-6-5-9-17(14-15)24-16-7-1-2-8-16/h5-6,9-11,14,16H,1-4,7-8,12-13,21H2/b11-10+. The van der Waals surface area contributed by atoms with E-state index in [2.05, 4.69) is 10.1 Å². The van der Waals surface area contributed by atoms with Gasteiger partial charge in [-0.15, -0.1) is 0 Å². The predicted octanol–water partition coefficient (Wildman–Crippen LogP) is 4.29. The zero-order valence-corrected chi connectivity index (χ0v) is 14.5. The summed E-state index contributed by atoms with van der Waals surface area (Å²) in [6, 6.07) is 8.11. The number of hydrogen-bond acceptors (Lipinski definition) is 5. The lowest BCUT2D eigenvalue weighted by Gasteiger charge is -2.17. The highest BCUT2D eigenvalue weighted by atomic mass is 16.5. The zero-order valence-electron chi connectivity index (χ0n) is 14.5. The molecule has 0 saturated heterocycles. The molecule has 2 aromatic rings. The monoisotopic (exact) mass is 339 g/mol. The first-order valence-electron chi connectivity index (χ1n) is 9.29. The minimum atomic E-state index is -0.412. The summed E-state index contributed by atoms with van der Waals surface area (Å²) in [5.74, 6) is 2.05. The van der Waals surface area contributed by atoms with Gasteiger partial charge in [0.2, 0.25) is 0 Å². The molecule has 4 rings (SSSR count). The molecule has 1 aromatic carbocycles. The second-order valence-electron chi connectivity index (χ2n) is 7.25. The minimum absolute atomic E-state index is 0.366. The highest BCUT2D eigenvalue weighted by Gasteiger charge is 2.35. The van der Waals surface area contributed by atoms with Crippen LogP contribution >= 0.6 is 0 Å². The van der Waals surface area contributed by atoms with Crippen molar-refractivity contribution in [1.29, 1.82) is 0 Å². The largest absolute Gasteiger partial charge is 0.490 e. The van der Waals surface area contributed by atoms with Crippen LogP contribution in [0.15, 0.2) is 28.8 Å². The molecule has 0 aliphatic heterocycles. The molecule has 0 spiro atoms. The molecule has 2 saturated carbocycles. The average molecular weight is 339 g/mol. The maximum absolute atomic E-state index is 6.37. The summed E-state index contributed by atoms with van der Waals surface area (Å²) >= 11 is 0. The van der Waals surface area contributed by atoms with Crippen molar-refractivity contribution in [1.82, 2.24) is 10.1 Å². The molecule has 2 aliphatic rings. The molecular weight excluding hydrogens is 314 g/mol. The van der Waals surface area contributed by atoms with Gasteiger partial charge in [0, 0.05) is 6.08 Å². The Morgan fingerprint density at radius 1 is 1.12 bits per heavy atom. The molecular formula is C20H25N3O2. The Balaban J connectivity index is 1.44. The molecule has 0 atom stereocenters. The van der Waals surface area contributed by atoms with E-state index in [4.69, 9.17) is 15.0 Å². The van der Waals surface area contributed by atoms with E-state index in [1.165, 1.54) is 12.8 Å². The smallest absolute Gasteiger partial charge is 0.250 e. The number of hydrogen-bond donors (Lipinski definition) is 1. The first-order valence-corrected chi connectivity index (χ1v) is 9.29. The zero-order chi connectivity index (χ0) is 17.1. The summed E-state index contributed by atoms with van der Waals surface area (Å²) in [7, 11) is 0. The molecule has 2 N–H and O–H groups in total. The summed E-state index contributed by atoms with van der Waals surface area (Å²) < 4.78 is 11.4. The van der Waals surface area contributed by atoms with Crippen molar-refractivity contribution >= 4 is 12.2 Å². The highest BCUT2D eigenvalue weighted by Crippen LogP contribution is 2.34. The lowest BCUT2D eigenvalue weighted by molar-refractivity contribution is 0.210. The fraction of sp³-hybridized carbons (Fsp3) is 0.500. The predicted molar refractivity (Wildman–Crippen MR) is 96.9 cm³/mol. The van der Waals surface area contributed by atoms with E-state index in [0.29, 0.717) is 17.8 Å². The minimum Gasteiger partial charge on any atom is -0.490 e. The van der Waals surface area contributed by atoms with Gasteiger partial charge in [0.15, 0.2) is 5.82 Å². The van der Waals surface area contributed by atoms with Gasteiger partial charge in [-0.3, -0.25) is 0 Å². The third-order valence-electron chi connectivity index (χ3n) is 5.26. The van der Waals surface area contributed by atoms with Gasteiger partial charge in [-0.05, 0) is 62.3 Å². The average Bonchev–Trinajstić information content (AvgIpc) is 3.35. The first kappa shape index (κ1) is 16.3. The van der Waals surface area contributed by atoms with Crippen LogP contribution in [0.1, 0.15) is 68.6 Å². The topological polar surface area (TPSA) is 74.2 Å². The van der Waals surface area contributed by atoms with E-state index in [-0.39, 0.29) is 0 Å². The molecule has 2 aliphatic carbocycles. The van der Waals surface area contributed by atoms with Crippen molar-refractivity contribution in [2.75, 3.05) is 0 Å². The van der Waals surface area contributed by atoms with Crippen molar-refractivity contribution in [3.63, 3.8) is 0 Å². The van der Waals surface area contributed by atoms with Crippen molar-refractivity contribution in [3.8, 4) is 5.75 Å². The summed E-state index contributed by atoms with van der Waals surface area (Å²) in [6.07, 6.45) is 13.1. The Hall–Kier alpha value is -2.14. The maximum atomic E-state index is 6.37. The quantitative estimate of drug-likeness (QED) is 0.879. The molecule has 25 heavy (non-hydrogen) atoms. The second-order valence-corrected chi connectivity index (χ2v) is 7.25. The lowest BCUT2D eigenvalue weighted by atomic mass is 9.99. The molecule has 5 nitrogen and oxygen atoms in total. The van der Waals surface area contributed by atoms with Gasteiger partial charge in [0.1, 0.15) is 5.75 Å². The van der Waals surface area contributed by atoms with Crippen LogP contribution in [0, 0.1) is 0 Å². The van der Waals surface area contributed by atoms with Crippen molar-refractivity contribution < 1.29 is 9.26 Å². The van der Waals surface area contributed by atoms with Gasteiger partial charge in [-0.2, -0.15) is 4.98 Å². The van der Waals surface area contributed by atoms with E-state index in [9.17, 15) is 0 Å². The molecule has 0 bridgehead atoms. The Morgan fingerprint density at radius 3 is 2.72 bits per heavy atom. The van der Waals surface area contributed by atoms with Gasteiger partial charge in [0.05, 0.1) is 11.6 Å². The van der Waals surface area contributed by atoms with E-state index in [1.807, 2.05) is 36.4 Å². The highest BCUT2D eigenvalue weighted by molar-refractivity contribution is 5.66. The number of benzene rings is 1. The number of ether oxygens (including phenoxy) is 1.